The first-order valence-corrected chi connectivity index (χ1v) is 14.1. The van der Waals surface area contributed by atoms with E-state index in [-0.39, 0.29) is 17.3 Å². The smallest absolute Gasteiger partial charge is 0.262 e. The third-order valence-electron chi connectivity index (χ3n) is 6.80. The molecule has 1 aromatic heterocycles. The molecule has 0 atom stereocenters. The molecule has 0 saturated carbocycles. The lowest BCUT2D eigenvalue weighted by molar-refractivity contribution is -0.118. The van der Waals surface area contributed by atoms with Crippen LogP contribution in [0.5, 0.6) is 11.5 Å². The van der Waals surface area contributed by atoms with Gasteiger partial charge in [0.25, 0.3) is 5.91 Å². The molecule has 0 aliphatic carbocycles. The van der Waals surface area contributed by atoms with Crippen molar-refractivity contribution in [3.8, 4) is 11.5 Å². The molecule has 5 rings (SSSR count). The van der Waals surface area contributed by atoms with Crippen LogP contribution in [0, 0.1) is 6.92 Å². The molecule has 0 spiro atoms. The Morgan fingerprint density at radius 3 is 2.58 bits per heavy atom. The van der Waals surface area contributed by atoms with Crippen molar-refractivity contribution in [2.45, 2.75) is 11.8 Å². The number of aromatic nitrogens is 1. The predicted octanol–water partition coefficient (Wildman–Crippen LogP) is 2.88. The van der Waals surface area contributed by atoms with E-state index in [4.69, 9.17) is 9.47 Å². The van der Waals surface area contributed by atoms with E-state index in [2.05, 4.69) is 15.2 Å². The standard InChI is InChI=1S/C29H28N4O6S/c1-20-27(7-6-25-26(21-8-10-30-11-9-21)17-23(18-34)39-29(20)25)38-19-28(35)31-22-4-3-5-24(16-22)40(36,37)33-14-12-32(2)13-15-33/h3-11,16-17H,12-15,19H2,1-2H3,(H,31,35). The molecular weight excluding hydrogens is 532 g/mol. The summed E-state index contributed by atoms with van der Waals surface area (Å²) in [6.45, 7) is 3.60. The van der Waals surface area contributed by atoms with Crippen molar-refractivity contribution in [1.29, 1.82) is 0 Å². The molecule has 10 nitrogen and oxygen atoms in total. The largest absolute Gasteiger partial charge is 0.483 e. The summed E-state index contributed by atoms with van der Waals surface area (Å²) in [5, 5.41) is 2.70. The Kier molecular flexibility index (Phi) is 7.81. The van der Waals surface area contributed by atoms with Crippen LogP contribution in [0.1, 0.15) is 16.7 Å². The van der Waals surface area contributed by atoms with Gasteiger partial charge in [-0.2, -0.15) is 4.31 Å². The maximum absolute atomic E-state index is 13.1. The zero-order valence-electron chi connectivity index (χ0n) is 22.1. The van der Waals surface area contributed by atoms with E-state index in [0.717, 1.165) is 16.7 Å². The second kappa shape index (κ2) is 11.4. The summed E-state index contributed by atoms with van der Waals surface area (Å²) in [6, 6.07) is 13.4. The van der Waals surface area contributed by atoms with Gasteiger partial charge in [-0.15, -0.1) is 0 Å². The number of hydrogen-bond acceptors (Lipinski definition) is 8. The number of allylic oxidation sites excluding steroid dienone is 1. The summed E-state index contributed by atoms with van der Waals surface area (Å²) in [6.07, 6.45) is 4.95. The quantitative estimate of drug-likeness (QED) is 0.439. The first kappa shape index (κ1) is 27.3. The van der Waals surface area contributed by atoms with Crippen molar-refractivity contribution in [3.05, 3.63) is 89.5 Å². The minimum absolute atomic E-state index is 0.0312. The number of benzene rings is 2. The molecule has 1 fully saturated rings. The van der Waals surface area contributed by atoms with Crippen LogP contribution in [-0.2, 0) is 19.6 Å². The van der Waals surface area contributed by atoms with Crippen molar-refractivity contribution in [2.24, 2.45) is 0 Å². The average molecular weight is 561 g/mol. The van der Waals surface area contributed by atoms with E-state index in [0.29, 0.717) is 48.9 Å². The molecule has 2 aliphatic rings. The maximum Gasteiger partial charge on any atom is 0.262 e. The van der Waals surface area contributed by atoms with Gasteiger partial charge in [-0.05, 0) is 67.6 Å². The number of carbonyl (C=O) groups excluding carboxylic acids is 2. The third-order valence-corrected chi connectivity index (χ3v) is 8.70. The minimum atomic E-state index is -3.67. The highest BCUT2D eigenvalue weighted by Gasteiger charge is 2.28. The van der Waals surface area contributed by atoms with Gasteiger partial charge in [0.2, 0.25) is 15.8 Å². The molecule has 0 bridgehead atoms. The van der Waals surface area contributed by atoms with Gasteiger partial charge in [0, 0.05) is 61.5 Å². The third kappa shape index (κ3) is 5.68. The molecule has 2 aromatic carbocycles. The Bertz CT molecular complexity index is 1620. The van der Waals surface area contributed by atoms with E-state index in [1.165, 1.54) is 16.4 Å². The number of carbonyl (C=O) groups is 1. The van der Waals surface area contributed by atoms with Gasteiger partial charge < -0.3 is 19.7 Å². The first-order chi connectivity index (χ1) is 19.3. The number of pyridine rings is 1. The highest BCUT2D eigenvalue weighted by Crippen LogP contribution is 2.42. The van der Waals surface area contributed by atoms with Crippen LogP contribution < -0.4 is 14.8 Å². The van der Waals surface area contributed by atoms with Gasteiger partial charge in [-0.3, -0.25) is 9.78 Å². The van der Waals surface area contributed by atoms with E-state index in [9.17, 15) is 18.0 Å². The summed E-state index contributed by atoms with van der Waals surface area (Å²) in [5.41, 5.74) is 3.36. The Labute approximate surface area is 232 Å². The lowest BCUT2D eigenvalue weighted by Crippen LogP contribution is -2.47. The van der Waals surface area contributed by atoms with Crippen molar-refractivity contribution >= 4 is 33.1 Å². The molecule has 1 amide bonds. The van der Waals surface area contributed by atoms with Gasteiger partial charge >= 0.3 is 0 Å². The molecule has 1 saturated heterocycles. The van der Waals surface area contributed by atoms with Crippen LogP contribution in [-0.4, -0.2) is 74.3 Å². The van der Waals surface area contributed by atoms with Gasteiger partial charge in [-0.1, -0.05) is 6.07 Å². The number of anilines is 1. The Balaban J connectivity index is 1.28. The fourth-order valence-corrected chi connectivity index (χ4v) is 6.06. The summed E-state index contributed by atoms with van der Waals surface area (Å²) in [4.78, 5) is 30.4. The van der Waals surface area contributed by atoms with E-state index in [1.807, 2.05) is 19.2 Å². The summed E-state index contributed by atoms with van der Waals surface area (Å²) < 4.78 is 39.2. The molecule has 0 radical (unpaired) electrons. The Morgan fingerprint density at radius 1 is 1.10 bits per heavy atom. The predicted molar refractivity (Wildman–Crippen MR) is 149 cm³/mol. The molecule has 3 heterocycles. The van der Waals surface area contributed by atoms with Gasteiger partial charge in [-0.25, -0.2) is 13.2 Å². The Hall–Kier alpha value is -4.28. The molecule has 0 unspecified atom stereocenters. The second-order valence-electron chi connectivity index (χ2n) is 9.50. The van der Waals surface area contributed by atoms with Gasteiger partial charge in [0.1, 0.15) is 11.5 Å². The van der Waals surface area contributed by atoms with Crippen LogP contribution >= 0.6 is 0 Å². The van der Waals surface area contributed by atoms with Crippen LogP contribution in [0.15, 0.2) is 77.7 Å². The molecule has 40 heavy (non-hydrogen) atoms. The molecule has 3 aromatic rings. The monoisotopic (exact) mass is 560 g/mol. The normalized spacial score (nSPS) is 15.8. The molecular formula is C29H28N4O6S. The maximum atomic E-state index is 13.1. The second-order valence-corrected chi connectivity index (χ2v) is 11.4. The highest BCUT2D eigenvalue weighted by atomic mass is 32.2. The highest BCUT2D eigenvalue weighted by molar-refractivity contribution is 7.89. The number of ether oxygens (including phenoxy) is 2. The van der Waals surface area contributed by atoms with Crippen molar-refractivity contribution in [1.82, 2.24) is 14.2 Å². The first-order valence-electron chi connectivity index (χ1n) is 12.7. The number of piperazine rings is 1. The van der Waals surface area contributed by atoms with Crippen LogP contribution in [0.3, 0.4) is 0 Å². The van der Waals surface area contributed by atoms with E-state index < -0.39 is 15.9 Å². The zero-order valence-corrected chi connectivity index (χ0v) is 22.9. The van der Waals surface area contributed by atoms with Crippen LogP contribution in [0.2, 0.25) is 0 Å². The number of nitrogens with zero attached hydrogens (tertiary/aromatic N) is 3. The molecule has 1 N–H and O–H groups in total. The number of likely N-dealkylation sites (N-methyl/N-ethyl adjacent to an activating group) is 1. The van der Waals surface area contributed by atoms with E-state index in [1.54, 1.807) is 55.6 Å². The van der Waals surface area contributed by atoms with Crippen LogP contribution in [0.4, 0.5) is 5.69 Å². The van der Waals surface area contributed by atoms with Gasteiger partial charge in [0.15, 0.2) is 12.5 Å². The Morgan fingerprint density at radius 2 is 1.85 bits per heavy atom. The zero-order chi connectivity index (χ0) is 28.3. The van der Waals surface area contributed by atoms with Crippen molar-refractivity contribution in [2.75, 3.05) is 45.2 Å². The minimum Gasteiger partial charge on any atom is -0.483 e. The molecule has 11 heteroatoms. The average Bonchev–Trinajstić information content (AvgIpc) is 2.97. The SMILES string of the molecule is Cc1c(OCC(=O)Nc2cccc(S(=O)(=O)N3CCN(C)CC3)c2)ccc2c1OC(=C=O)C=C2c1ccncc1. The van der Waals surface area contributed by atoms with Gasteiger partial charge in [0.05, 0.1) is 4.90 Å². The number of amides is 1. The van der Waals surface area contributed by atoms with E-state index >= 15 is 0 Å². The fraction of sp³-hybridized carbons (Fsp3) is 0.241. The lowest BCUT2D eigenvalue weighted by atomic mass is 9.93. The van der Waals surface area contributed by atoms with Crippen molar-refractivity contribution in [3.63, 3.8) is 0 Å². The van der Waals surface area contributed by atoms with Crippen LogP contribution in [0.25, 0.3) is 5.57 Å². The lowest BCUT2D eigenvalue weighted by Gasteiger charge is -2.31. The fourth-order valence-electron chi connectivity index (χ4n) is 4.59. The number of nitrogens with one attached hydrogen (secondary N) is 1. The van der Waals surface area contributed by atoms with Crippen molar-refractivity contribution < 1.29 is 27.5 Å². The summed E-state index contributed by atoms with van der Waals surface area (Å²) in [5.74, 6) is 2.22. The number of hydrogen-bond donors (Lipinski definition) is 1. The number of fused-ring (bicyclic) bond motifs is 1. The number of rotatable bonds is 7. The molecule has 206 valence electrons. The molecule has 2 aliphatic heterocycles. The number of sulfonamides is 1. The summed E-state index contributed by atoms with van der Waals surface area (Å²) in [7, 11) is -1.72. The summed E-state index contributed by atoms with van der Waals surface area (Å²) >= 11 is 0. The topological polar surface area (TPSA) is 118 Å².